The van der Waals surface area contributed by atoms with E-state index in [9.17, 15) is 14.4 Å². The molecular formula is C25H27N3O5. The van der Waals surface area contributed by atoms with Crippen LogP contribution in [0.3, 0.4) is 0 Å². The van der Waals surface area contributed by atoms with Crippen LogP contribution >= 0.6 is 0 Å². The normalized spacial score (nSPS) is 25.6. The third kappa shape index (κ3) is 4.25. The first-order chi connectivity index (χ1) is 16.1. The maximum atomic E-state index is 13.3. The molecule has 1 saturated heterocycles. The first-order valence-electron chi connectivity index (χ1n) is 11.5. The summed E-state index contributed by atoms with van der Waals surface area (Å²) in [6.45, 7) is 0.0465. The van der Waals surface area contributed by atoms with Gasteiger partial charge in [-0.3, -0.25) is 25.2 Å². The van der Waals surface area contributed by atoms with Crippen LogP contribution in [-0.2, 0) is 9.59 Å². The van der Waals surface area contributed by atoms with E-state index in [0.717, 1.165) is 25.7 Å². The van der Waals surface area contributed by atoms with Crippen LogP contribution in [0.25, 0.3) is 0 Å². The Hall–Kier alpha value is -3.55. The van der Waals surface area contributed by atoms with Crippen LogP contribution in [0, 0.1) is 5.92 Å². The van der Waals surface area contributed by atoms with Crippen LogP contribution < -0.4 is 20.3 Å². The number of carbonyl (C=O) groups is 3. The Morgan fingerprint density at radius 2 is 1.55 bits per heavy atom. The molecule has 2 fully saturated rings. The van der Waals surface area contributed by atoms with Crippen LogP contribution in [0.15, 0.2) is 54.6 Å². The summed E-state index contributed by atoms with van der Waals surface area (Å²) in [5.41, 5.74) is 5.55. The molecule has 5 rings (SSSR count). The number of nitrogens with zero attached hydrogens (tertiary/aromatic N) is 1. The molecule has 3 amide bonds. The van der Waals surface area contributed by atoms with Crippen molar-refractivity contribution in [2.75, 3.05) is 6.61 Å². The van der Waals surface area contributed by atoms with Gasteiger partial charge in [0.25, 0.3) is 17.7 Å². The molecule has 0 spiro atoms. The topological polar surface area (TPSA) is 97.0 Å². The zero-order valence-corrected chi connectivity index (χ0v) is 18.2. The molecule has 2 aromatic carbocycles. The number of amides is 3. The Bertz CT molecular complexity index is 1040. The van der Waals surface area contributed by atoms with Crippen molar-refractivity contribution in [3.8, 4) is 11.5 Å². The highest BCUT2D eigenvalue weighted by atomic mass is 16.6. The smallest absolute Gasteiger partial charge is 0.283 e. The second-order valence-corrected chi connectivity index (χ2v) is 8.78. The SMILES string of the molecule is O=C(NNC(=O)C1CC2CCCCC2N1C(=O)c1ccccc1)C1COc2ccccc2O1. The largest absolute Gasteiger partial charge is 0.485 e. The number of para-hydroxylation sites is 2. The Morgan fingerprint density at radius 3 is 2.36 bits per heavy atom. The number of likely N-dealkylation sites (tertiary alicyclic amines) is 1. The highest BCUT2D eigenvalue weighted by Gasteiger charge is 2.47. The van der Waals surface area contributed by atoms with Crippen LogP contribution in [-0.4, -0.2) is 47.4 Å². The number of carbonyl (C=O) groups excluding carboxylic acids is 3. The number of rotatable bonds is 3. The highest BCUT2D eigenvalue weighted by molar-refractivity contribution is 5.98. The standard InChI is InChI=1S/C25H27N3O5/c29-23(26-27-24(30)22-15-32-20-12-6-7-13-21(20)33-22)19-14-17-10-4-5-11-18(17)28(19)25(31)16-8-2-1-3-9-16/h1-3,6-9,12-13,17-19,22H,4-5,10-11,14-15H2,(H,26,29)(H,27,30). The van der Waals surface area contributed by atoms with Gasteiger partial charge in [-0.1, -0.05) is 43.2 Å². The van der Waals surface area contributed by atoms with E-state index in [2.05, 4.69) is 10.9 Å². The lowest BCUT2D eigenvalue weighted by molar-refractivity contribution is -0.136. The third-order valence-electron chi connectivity index (χ3n) is 6.76. The first-order valence-corrected chi connectivity index (χ1v) is 11.5. The first kappa shape index (κ1) is 21.3. The van der Waals surface area contributed by atoms with Gasteiger partial charge in [0.15, 0.2) is 11.5 Å². The Labute approximate surface area is 192 Å². The van der Waals surface area contributed by atoms with Gasteiger partial charge in [-0.05, 0) is 49.4 Å². The minimum atomic E-state index is -0.881. The van der Waals surface area contributed by atoms with Crippen molar-refractivity contribution < 1.29 is 23.9 Å². The van der Waals surface area contributed by atoms with Crippen molar-refractivity contribution in [3.05, 3.63) is 60.2 Å². The summed E-state index contributed by atoms with van der Waals surface area (Å²) in [6, 6.07) is 15.6. The minimum absolute atomic E-state index is 0.0458. The predicted molar refractivity (Wildman–Crippen MR) is 119 cm³/mol. The molecule has 0 aromatic heterocycles. The van der Waals surface area contributed by atoms with Crippen molar-refractivity contribution in [2.24, 2.45) is 5.92 Å². The van der Waals surface area contributed by atoms with Gasteiger partial charge in [0, 0.05) is 11.6 Å². The Balaban J connectivity index is 1.26. The Morgan fingerprint density at radius 1 is 0.848 bits per heavy atom. The molecule has 8 heteroatoms. The van der Waals surface area contributed by atoms with E-state index >= 15 is 0 Å². The van der Waals surface area contributed by atoms with Crippen molar-refractivity contribution >= 4 is 17.7 Å². The van der Waals surface area contributed by atoms with Gasteiger partial charge in [0.1, 0.15) is 12.6 Å². The molecule has 33 heavy (non-hydrogen) atoms. The zero-order valence-electron chi connectivity index (χ0n) is 18.2. The number of hydrogen-bond acceptors (Lipinski definition) is 5. The van der Waals surface area contributed by atoms with Gasteiger partial charge in [-0.15, -0.1) is 0 Å². The van der Waals surface area contributed by atoms with Crippen LogP contribution in [0.2, 0.25) is 0 Å². The molecule has 172 valence electrons. The number of hydrazine groups is 1. The second kappa shape index (κ2) is 9.13. The second-order valence-electron chi connectivity index (χ2n) is 8.78. The molecule has 4 atom stereocenters. The van der Waals surface area contributed by atoms with Crippen molar-refractivity contribution in [3.63, 3.8) is 0 Å². The van der Waals surface area contributed by atoms with Gasteiger partial charge >= 0.3 is 0 Å². The lowest BCUT2D eigenvalue weighted by atomic mass is 9.84. The van der Waals surface area contributed by atoms with Gasteiger partial charge in [0.05, 0.1) is 0 Å². The van der Waals surface area contributed by atoms with Crippen molar-refractivity contribution in [2.45, 2.75) is 50.3 Å². The number of ether oxygens (including phenoxy) is 2. The van der Waals surface area contributed by atoms with E-state index in [-0.39, 0.29) is 24.5 Å². The number of benzene rings is 2. The average molecular weight is 450 g/mol. The molecule has 3 aliphatic rings. The molecule has 2 heterocycles. The molecule has 4 unspecified atom stereocenters. The lowest BCUT2D eigenvalue weighted by Gasteiger charge is -2.33. The molecule has 1 saturated carbocycles. The van der Waals surface area contributed by atoms with Crippen molar-refractivity contribution in [1.29, 1.82) is 0 Å². The summed E-state index contributed by atoms with van der Waals surface area (Å²) in [6.07, 6.45) is 3.78. The molecule has 1 aliphatic carbocycles. The Kier molecular flexibility index (Phi) is 5.90. The van der Waals surface area contributed by atoms with Gasteiger partial charge in [0.2, 0.25) is 6.10 Å². The van der Waals surface area contributed by atoms with Gasteiger partial charge in [-0.2, -0.15) is 0 Å². The fourth-order valence-corrected chi connectivity index (χ4v) is 5.15. The predicted octanol–water partition coefficient (Wildman–Crippen LogP) is 2.45. The van der Waals surface area contributed by atoms with Crippen LogP contribution in [0.4, 0.5) is 0 Å². The zero-order chi connectivity index (χ0) is 22.8. The summed E-state index contributed by atoms with van der Waals surface area (Å²) in [4.78, 5) is 40.8. The fourth-order valence-electron chi connectivity index (χ4n) is 5.15. The maximum Gasteiger partial charge on any atom is 0.283 e. The summed E-state index contributed by atoms with van der Waals surface area (Å²) in [7, 11) is 0. The van der Waals surface area contributed by atoms with Crippen LogP contribution in [0.5, 0.6) is 11.5 Å². The molecule has 2 aromatic rings. The summed E-state index contributed by atoms with van der Waals surface area (Å²) >= 11 is 0. The number of fused-ring (bicyclic) bond motifs is 2. The van der Waals surface area contributed by atoms with E-state index in [1.165, 1.54) is 0 Å². The van der Waals surface area contributed by atoms with E-state index in [1.54, 1.807) is 35.2 Å². The molecule has 0 bridgehead atoms. The van der Waals surface area contributed by atoms with E-state index < -0.39 is 18.1 Å². The lowest BCUT2D eigenvalue weighted by Crippen LogP contribution is -2.56. The quantitative estimate of drug-likeness (QED) is 0.702. The molecule has 0 radical (unpaired) electrons. The molecular weight excluding hydrogens is 422 g/mol. The number of hydrogen-bond donors (Lipinski definition) is 2. The summed E-state index contributed by atoms with van der Waals surface area (Å²) in [5, 5.41) is 0. The third-order valence-corrected chi connectivity index (χ3v) is 6.76. The highest BCUT2D eigenvalue weighted by Crippen LogP contribution is 2.40. The van der Waals surface area contributed by atoms with Crippen molar-refractivity contribution in [1.82, 2.24) is 15.8 Å². The molecule has 2 aliphatic heterocycles. The van der Waals surface area contributed by atoms with Gasteiger partial charge in [-0.25, -0.2) is 0 Å². The average Bonchev–Trinajstić information content (AvgIpc) is 3.26. The van der Waals surface area contributed by atoms with Gasteiger partial charge < -0.3 is 14.4 Å². The number of nitrogens with one attached hydrogen (secondary N) is 2. The summed E-state index contributed by atoms with van der Waals surface area (Å²) < 4.78 is 11.3. The van der Waals surface area contributed by atoms with E-state index in [4.69, 9.17) is 9.47 Å². The van der Waals surface area contributed by atoms with Crippen LogP contribution in [0.1, 0.15) is 42.5 Å². The monoisotopic (exact) mass is 449 g/mol. The fraction of sp³-hybridized carbons (Fsp3) is 0.400. The summed E-state index contributed by atoms with van der Waals surface area (Å²) in [5.74, 6) is 0.318. The minimum Gasteiger partial charge on any atom is -0.485 e. The van der Waals surface area contributed by atoms with E-state index in [1.807, 2.05) is 24.3 Å². The molecule has 2 N–H and O–H groups in total. The van der Waals surface area contributed by atoms with E-state index in [0.29, 0.717) is 29.4 Å². The molecule has 8 nitrogen and oxygen atoms in total. The maximum absolute atomic E-state index is 13.3.